The molecule has 1 amide bonds. The average Bonchev–Trinajstić information content (AvgIpc) is 2.73. The van der Waals surface area contributed by atoms with E-state index in [2.05, 4.69) is 34.5 Å². The van der Waals surface area contributed by atoms with Crippen molar-refractivity contribution in [1.29, 1.82) is 0 Å². The standard InChI is InChI=1S/C23H29N3O2/c1-19(27)21-9-11-22(12-10-21)26-16-14-25(15-17-26)18-23(28)24-13-5-8-20-6-3-2-4-7-20/h2-4,6-7,9-12H,5,8,13-18H2,1H3,(H,24,28)/p+1. The van der Waals surface area contributed by atoms with E-state index in [1.54, 1.807) is 6.92 Å². The summed E-state index contributed by atoms with van der Waals surface area (Å²) in [5.74, 6) is 0.234. The predicted molar refractivity (Wildman–Crippen MR) is 112 cm³/mol. The number of piperazine rings is 1. The van der Waals surface area contributed by atoms with Crippen molar-refractivity contribution in [3.05, 3.63) is 65.7 Å². The van der Waals surface area contributed by atoms with Crippen LogP contribution in [0.15, 0.2) is 54.6 Å². The minimum Gasteiger partial charge on any atom is -0.360 e. The van der Waals surface area contributed by atoms with Gasteiger partial charge in [-0.15, -0.1) is 0 Å². The van der Waals surface area contributed by atoms with E-state index in [4.69, 9.17) is 0 Å². The van der Waals surface area contributed by atoms with Crippen LogP contribution in [0, 0.1) is 0 Å². The van der Waals surface area contributed by atoms with E-state index >= 15 is 0 Å². The third-order valence-corrected chi connectivity index (χ3v) is 5.33. The fraction of sp³-hybridized carbons (Fsp3) is 0.391. The summed E-state index contributed by atoms with van der Waals surface area (Å²) in [7, 11) is 0. The van der Waals surface area contributed by atoms with Crippen LogP contribution in [0.1, 0.15) is 29.3 Å². The molecule has 1 aliphatic rings. The molecule has 1 fully saturated rings. The monoisotopic (exact) mass is 380 g/mol. The molecule has 0 bridgehead atoms. The summed E-state index contributed by atoms with van der Waals surface area (Å²) < 4.78 is 0. The molecule has 1 saturated heterocycles. The highest BCUT2D eigenvalue weighted by molar-refractivity contribution is 5.94. The van der Waals surface area contributed by atoms with Crippen molar-refractivity contribution < 1.29 is 14.5 Å². The second-order valence-corrected chi connectivity index (χ2v) is 7.46. The van der Waals surface area contributed by atoms with Crippen LogP contribution in [0.25, 0.3) is 0 Å². The van der Waals surface area contributed by atoms with Crippen LogP contribution in [-0.2, 0) is 11.2 Å². The third-order valence-electron chi connectivity index (χ3n) is 5.33. The van der Waals surface area contributed by atoms with E-state index in [1.807, 2.05) is 30.3 Å². The minimum absolute atomic E-state index is 0.0931. The van der Waals surface area contributed by atoms with E-state index in [0.717, 1.165) is 56.8 Å². The molecule has 1 aliphatic heterocycles. The van der Waals surface area contributed by atoms with Crippen LogP contribution in [0.3, 0.4) is 0 Å². The highest BCUT2D eigenvalue weighted by Gasteiger charge is 2.22. The lowest BCUT2D eigenvalue weighted by atomic mass is 10.1. The quantitative estimate of drug-likeness (QED) is 0.537. The number of quaternary nitrogens is 1. The summed E-state index contributed by atoms with van der Waals surface area (Å²) in [5.41, 5.74) is 3.21. The lowest BCUT2D eigenvalue weighted by molar-refractivity contribution is -0.892. The summed E-state index contributed by atoms with van der Waals surface area (Å²) >= 11 is 0. The lowest BCUT2D eigenvalue weighted by Crippen LogP contribution is -3.15. The molecule has 5 heteroatoms. The van der Waals surface area contributed by atoms with Gasteiger partial charge in [0.1, 0.15) is 0 Å². The zero-order chi connectivity index (χ0) is 19.8. The Morgan fingerprint density at radius 3 is 2.32 bits per heavy atom. The van der Waals surface area contributed by atoms with Crippen LogP contribution in [0.2, 0.25) is 0 Å². The second-order valence-electron chi connectivity index (χ2n) is 7.46. The molecule has 0 radical (unpaired) electrons. The van der Waals surface area contributed by atoms with Crippen molar-refractivity contribution >= 4 is 17.4 Å². The first kappa shape index (κ1) is 20.1. The van der Waals surface area contributed by atoms with Gasteiger partial charge < -0.3 is 15.1 Å². The highest BCUT2D eigenvalue weighted by Crippen LogP contribution is 2.15. The Balaban J connectivity index is 1.34. The molecule has 148 valence electrons. The maximum atomic E-state index is 12.2. The number of carbonyl (C=O) groups is 2. The van der Waals surface area contributed by atoms with Gasteiger partial charge in [-0.05, 0) is 49.6 Å². The van der Waals surface area contributed by atoms with Crippen molar-refractivity contribution in [2.24, 2.45) is 0 Å². The first-order valence-electron chi connectivity index (χ1n) is 10.1. The van der Waals surface area contributed by atoms with Gasteiger partial charge in [0.15, 0.2) is 12.3 Å². The number of hydrogen-bond donors (Lipinski definition) is 2. The van der Waals surface area contributed by atoms with E-state index in [0.29, 0.717) is 6.54 Å². The molecule has 28 heavy (non-hydrogen) atoms. The van der Waals surface area contributed by atoms with Gasteiger partial charge in [-0.2, -0.15) is 0 Å². The molecule has 0 saturated carbocycles. The first-order chi connectivity index (χ1) is 13.6. The minimum atomic E-state index is 0.0931. The van der Waals surface area contributed by atoms with Gasteiger partial charge >= 0.3 is 0 Å². The van der Waals surface area contributed by atoms with Gasteiger partial charge in [0.2, 0.25) is 0 Å². The number of amides is 1. The Labute approximate surface area is 167 Å². The summed E-state index contributed by atoms with van der Waals surface area (Å²) in [6.45, 7) is 6.62. The number of benzene rings is 2. The number of carbonyl (C=O) groups excluding carboxylic acids is 2. The molecule has 1 heterocycles. The molecule has 3 rings (SSSR count). The van der Waals surface area contributed by atoms with E-state index < -0.39 is 0 Å². The SMILES string of the molecule is CC(=O)c1ccc(N2CC[NH+](CC(=O)NCCCc3ccccc3)CC2)cc1. The lowest BCUT2D eigenvalue weighted by Gasteiger charge is -2.33. The molecule has 2 N–H and O–H groups in total. The molecule has 0 atom stereocenters. The maximum Gasteiger partial charge on any atom is 0.275 e. The zero-order valence-electron chi connectivity index (χ0n) is 16.6. The summed E-state index contributed by atoms with van der Waals surface area (Å²) in [6.07, 6.45) is 1.96. The number of nitrogens with zero attached hydrogens (tertiary/aromatic N) is 1. The van der Waals surface area contributed by atoms with Crippen LogP contribution < -0.4 is 15.1 Å². The Bertz CT molecular complexity index is 766. The Hall–Kier alpha value is -2.66. The number of hydrogen-bond acceptors (Lipinski definition) is 3. The third kappa shape index (κ3) is 5.92. The normalized spacial score (nSPS) is 14.7. The molecule has 0 spiro atoms. The number of nitrogens with one attached hydrogen (secondary N) is 2. The molecular weight excluding hydrogens is 350 g/mol. The average molecular weight is 381 g/mol. The largest absolute Gasteiger partial charge is 0.360 e. The first-order valence-corrected chi connectivity index (χ1v) is 10.1. The fourth-order valence-corrected chi connectivity index (χ4v) is 3.62. The molecule has 0 aromatic heterocycles. The predicted octanol–water partition coefficient (Wildman–Crippen LogP) is 1.34. The van der Waals surface area contributed by atoms with Crippen molar-refractivity contribution in [3.8, 4) is 0 Å². The van der Waals surface area contributed by atoms with Gasteiger partial charge in [0.05, 0.1) is 26.2 Å². The van der Waals surface area contributed by atoms with Gasteiger partial charge in [-0.1, -0.05) is 30.3 Å². The van der Waals surface area contributed by atoms with E-state index in [9.17, 15) is 9.59 Å². The number of rotatable bonds is 8. The van der Waals surface area contributed by atoms with Crippen molar-refractivity contribution in [3.63, 3.8) is 0 Å². The van der Waals surface area contributed by atoms with E-state index in [-0.39, 0.29) is 11.7 Å². The van der Waals surface area contributed by atoms with Gasteiger partial charge in [-0.25, -0.2) is 0 Å². The van der Waals surface area contributed by atoms with Crippen LogP contribution in [0.5, 0.6) is 0 Å². The Kier molecular flexibility index (Phi) is 7.20. The van der Waals surface area contributed by atoms with Gasteiger partial charge in [0, 0.05) is 17.8 Å². The number of Topliss-reactive ketones (excluding diaryl/α,β-unsaturated/α-hetero) is 1. The number of aryl methyl sites for hydroxylation is 1. The highest BCUT2D eigenvalue weighted by atomic mass is 16.2. The number of ketones is 1. The van der Waals surface area contributed by atoms with Crippen molar-refractivity contribution in [2.75, 3.05) is 44.2 Å². The van der Waals surface area contributed by atoms with Crippen molar-refractivity contribution in [2.45, 2.75) is 19.8 Å². The molecule has 0 aliphatic carbocycles. The summed E-state index contributed by atoms with van der Waals surface area (Å²) in [6, 6.07) is 18.2. The van der Waals surface area contributed by atoms with E-state index in [1.165, 1.54) is 10.5 Å². The van der Waals surface area contributed by atoms with Gasteiger partial charge in [-0.3, -0.25) is 9.59 Å². The Morgan fingerprint density at radius 2 is 1.68 bits per heavy atom. The molecular formula is C23H30N3O2+. The summed E-state index contributed by atoms with van der Waals surface area (Å²) in [5, 5.41) is 3.05. The van der Waals surface area contributed by atoms with Crippen LogP contribution in [0.4, 0.5) is 5.69 Å². The maximum absolute atomic E-state index is 12.2. The topological polar surface area (TPSA) is 53.9 Å². The smallest absolute Gasteiger partial charge is 0.275 e. The Morgan fingerprint density at radius 1 is 1.00 bits per heavy atom. The molecule has 2 aromatic carbocycles. The molecule has 5 nitrogen and oxygen atoms in total. The molecule has 0 unspecified atom stereocenters. The fourth-order valence-electron chi connectivity index (χ4n) is 3.62. The molecule has 2 aromatic rings. The van der Waals surface area contributed by atoms with Gasteiger partial charge in [0.25, 0.3) is 5.91 Å². The second kappa shape index (κ2) is 10.0. The zero-order valence-corrected chi connectivity index (χ0v) is 16.6. The number of anilines is 1. The van der Waals surface area contributed by atoms with Crippen LogP contribution in [-0.4, -0.2) is 51.0 Å². The van der Waals surface area contributed by atoms with Crippen molar-refractivity contribution in [1.82, 2.24) is 5.32 Å². The van der Waals surface area contributed by atoms with Crippen LogP contribution >= 0.6 is 0 Å². The summed E-state index contributed by atoms with van der Waals surface area (Å²) in [4.78, 5) is 27.2.